The third-order valence-corrected chi connectivity index (χ3v) is 5.00. The van der Waals surface area contributed by atoms with Gasteiger partial charge in [-0.15, -0.1) is 0 Å². The fourth-order valence-corrected chi connectivity index (χ4v) is 3.09. The molecule has 0 aliphatic carbocycles. The van der Waals surface area contributed by atoms with Crippen LogP contribution in [0.4, 0.5) is 0 Å². The van der Waals surface area contributed by atoms with Gasteiger partial charge in [0.2, 0.25) is 0 Å². The van der Waals surface area contributed by atoms with Crippen LogP contribution in [-0.2, 0) is 16.1 Å². The number of nitrogens with zero attached hydrogens (tertiary/aromatic N) is 2. The first-order chi connectivity index (χ1) is 12.8. The predicted octanol–water partition coefficient (Wildman–Crippen LogP) is 4.78. The summed E-state index contributed by atoms with van der Waals surface area (Å²) >= 11 is 7.89. The number of benzene rings is 1. The van der Waals surface area contributed by atoms with E-state index in [0.29, 0.717) is 6.54 Å². The number of thiophene rings is 1. The smallest absolute Gasteiger partial charge is 0.335 e. The molecule has 0 saturated carbocycles. The van der Waals surface area contributed by atoms with E-state index in [1.807, 2.05) is 48.8 Å². The molecule has 0 aliphatic heterocycles. The Hall–Kier alpha value is -2.15. The third-order valence-electron chi connectivity index (χ3n) is 3.95. The van der Waals surface area contributed by atoms with E-state index < -0.39 is 11.6 Å². The molecule has 0 spiro atoms. The fourth-order valence-electron chi connectivity index (χ4n) is 2.25. The number of aliphatic carboxylic acids is 1. The number of carboxylic acid groups (broad SMARTS) is 1. The Morgan fingerprint density at radius 2 is 2.11 bits per heavy atom. The Balaban J connectivity index is 2.10. The molecule has 1 aromatic carbocycles. The minimum absolute atomic E-state index is 0.0268. The summed E-state index contributed by atoms with van der Waals surface area (Å²) in [6, 6.07) is 9.79. The highest BCUT2D eigenvalue weighted by Crippen LogP contribution is 2.24. The van der Waals surface area contributed by atoms with Crippen molar-refractivity contribution in [3.63, 3.8) is 0 Å². The molecule has 0 saturated heterocycles. The van der Waals surface area contributed by atoms with Crippen molar-refractivity contribution in [2.75, 3.05) is 13.8 Å². The lowest BCUT2D eigenvalue weighted by Crippen LogP contribution is -2.34. The van der Waals surface area contributed by atoms with Crippen LogP contribution in [0.2, 0.25) is 5.02 Å². The molecule has 0 atom stereocenters. The maximum atomic E-state index is 11.0. The highest BCUT2D eigenvalue weighted by molar-refractivity contribution is 7.08. The van der Waals surface area contributed by atoms with Crippen LogP contribution in [0.1, 0.15) is 25.0 Å². The van der Waals surface area contributed by atoms with Gasteiger partial charge in [-0.3, -0.25) is 4.99 Å². The lowest BCUT2D eigenvalue weighted by molar-refractivity contribution is -0.160. The maximum Gasteiger partial charge on any atom is 0.335 e. The van der Waals surface area contributed by atoms with E-state index in [0.717, 1.165) is 21.8 Å². The van der Waals surface area contributed by atoms with Crippen LogP contribution in [-0.4, -0.2) is 41.6 Å². The van der Waals surface area contributed by atoms with E-state index in [1.54, 1.807) is 17.6 Å². The van der Waals surface area contributed by atoms with Gasteiger partial charge in [0.1, 0.15) is 6.73 Å². The lowest BCUT2D eigenvalue weighted by Gasteiger charge is -2.22. The van der Waals surface area contributed by atoms with Crippen molar-refractivity contribution in [3.05, 3.63) is 63.3 Å². The number of allylic oxidation sites excluding steroid dienone is 1. The zero-order chi connectivity index (χ0) is 19.9. The van der Waals surface area contributed by atoms with E-state index in [4.69, 9.17) is 21.4 Å². The highest BCUT2D eigenvalue weighted by atomic mass is 35.5. The molecule has 0 aliphatic rings. The van der Waals surface area contributed by atoms with Gasteiger partial charge in [0, 0.05) is 41.5 Å². The second-order valence-electron chi connectivity index (χ2n) is 6.43. The van der Waals surface area contributed by atoms with E-state index in [9.17, 15) is 4.79 Å². The Morgan fingerprint density at radius 3 is 2.74 bits per heavy atom. The minimum atomic E-state index is -1.27. The molecule has 0 fully saturated rings. The van der Waals surface area contributed by atoms with Crippen molar-refractivity contribution in [3.8, 4) is 0 Å². The molecular weight excluding hydrogens is 384 g/mol. The molecule has 1 aromatic heterocycles. The van der Waals surface area contributed by atoms with Crippen molar-refractivity contribution in [1.82, 2.24) is 4.90 Å². The van der Waals surface area contributed by atoms with Crippen molar-refractivity contribution < 1.29 is 14.6 Å². The van der Waals surface area contributed by atoms with Crippen LogP contribution in [0.15, 0.2) is 52.2 Å². The van der Waals surface area contributed by atoms with E-state index in [2.05, 4.69) is 15.3 Å². The first-order valence-electron chi connectivity index (χ1n) is 8.36. The fraction of sp³-hybridized carbons (Fsp3) is 0.300. The number of ether oxygens (including phenoxy) is 1. The van der Waals surface area contributed by atoms with Crippen LogP contribution in [0.5, 0.6) is 0 Å². The Morgan fingerprint density at radius 1 is 1.37 bits per heavy atom. The monoisotopic (exact) mass is 406 g/mol. The van der Waals surface area contributed by atoms with Gasteiger partial charge >= 0.3 is 5.97 Å². The SMILES string of the molecule is CN(Cc1ccccc1Cl)/C(=C\C=N\COC(C)(C)C(=O)O)c1ccsc1. The summed E-state index contributed by atoms with van der Waals surface area (Å²) in [7, 11) is 1.99. The second kappa shape index (κ2) is 9.69. The van der Waals surface area contributed by atoms with E-state index >= 15 is 0 Å². The van der Waals surface area contributed by atoms with Crippen LogP contribution in [0, 0.1) is 0 Å². The molecule has 7 heteroatoms. The molecule has 0 unspecified atom stereocenters. The van der Waals surface area contributed by atoms with Crippen molar-refractivity contribution in [2.45, 2.75) is 26.0 Å². The lowest BCUT2D eigenvalue weighted by atomic mass is 10.1. The van der Waals surface area contributed by atoms with Gasteiger partial charge in [-0.25, -0.2) is 4.79 Å². The summed E-state index contributed by atoms with van der Waals surface area (Å²) in [4.78, 5) is 17.3. The van der Waals surface area contributed by atoms with Crippen molar-refractivity contribution >= 4 is 40.8 Å². The quantitative estimate of drug-likeness (QED) is 0.608. The largest absolute Gasteiger partial charge is 0.479 e. The Labute approximate surface area is 168 Å². The van der Waals surface area contributed by atoms with Gasteiger partial charge in [-0.2, -0.15) is 11.3 Å². The zero-order valence-electron chi connectivity index (χ0n) is 15.6. The van der Waals surface area contributed by atoms with Crippen LogP contribution in [0.3, 0.4) is 0 Å². The average molecular weight is 407 g/mol. The molecular formula is C20H23ClN2O3S. The molecule has 5 nitrogen and oxygen atoms in total. The van der Waals surface area contributed by atoms with Gasteiger partial charge < -0.3 is 14.7 Å². The summed E-state index contributed by atoms with van der Waals surface area (Å²) < 4.78 is 5.28. The molecule has 1 N–H and O–H groups in total. The average Bonchev–Trinajstić information content (AvgIpc) is 3.14. The molecule has 144 valence electrons. The maximum absolute atomic E-state index is 11.0. The summed E-state index contributed by atoms with van der Waals surface area (Å²) in [6.07, 6.45) is 3.52. The van der Waals surface area contributed by atoms with Gasteiger partial charge in [0.05, 0.1) is 0 Å². The molecule has 2 rings (SSSR count). The first kappa shape index (κ1) is 21.2. The summed E-state index contributed by atoms with van der Waals surface area (Å²) in [6.45, 7) is 3.61. The van der Waals surface area contributed by atoms with E-state index in [-0.39, 0.29) is 6.73 Å². The molecule has 0 bridgehead atoms. The Bertz CT molecular complexity index is 816. The van der Waals surface area contributed by atoms with Gasteiger partial charge in [0.15, 0.2) is 5.60 Å². The number of hydrogen-bond donors (Lipinski definition) is 1. The van der Waals surface area contributed by atoms with Gasteiger partial charge in [0.25, 0.3) is 0 Å². The summed E-state index contributed by atoms with van der Waals surface area (Å²) in [5.41, 5.74) is 1.83. The molecule has 0 amide bonds. The van der Waals surface area contributed by atoms with Crippen LogP contribution >= 0.6 is 22.9 Å². The number of halogens is 1. The van der Waals surface area contributed by atoms with Crippen molar-refractivity contribution in [1.29, 1.82) is 0 Å². The summed E-state index contributed by atoms with van der Waals surface area (Å²) in [5, 5.41) is 13.8. The van der Waals surface area contributed by atoms with Gasteiger partial charge in [-0.05, 0) is 43.0 Å². The summed E-state index contributed by atoms with van der Waals surface area (Å²) in [5.74, 6) is -1.02. The number of aliphatic imine (C=N–C) groups is 1. The molecule has 1 heterocycles. The van der Waals surface area contributed by atoms with Crippen LogP contribution < -0.4 is 0 Å². The molecule has 27 heavy (non-hydrogen) atoms. The van der Waals surface area contributed by atoms with E-state index in [1.165, 1.54) is 13.8 Å². The zero-order valence-corrected chi connectivity index (χ0v) is 17.1. The predicted molar refractivity (Wildman–Crippen MR) is 111 cm³/mol. The number of hydrogen-bond acceptors (Lipinski definition) is 5. The molecule has 2 aromatic rings. The highest BCUT2D eigenvalue weighted by Gasteiger charge is 2.27. The topological polar surface area (TPSA) is 62.1 Å². The van der Waals surface area contributed by atoms with Gasteiger partial charge in [-0.1, -0.05) is 29.8 Å². The van der Waals surface area contributed by atoms with Crippen molar-refractivity contribution in [2.24, 2.45) is 4.99 Å². The standard InChI is InChI=1S/C20H23ClN2O3S/c1-20(2,19(24)25)26-14-22-10-8-18(16-9-11-27-13-16)23(3)12-15-6-4-5-7-17(15)21/h4-11,13H,12,14H2,1-3H3,(H,24,25)/b18-8-,22-10+. The normalized spacial score (nSPS) is 12.5. The second-order valence-corrected chi connectivity index (χ2v) is 7.62. The van der Waals surface area contributed by atoms with Crippen LogP contribution in [0.25, 0.3) is 5.70 Å². The first-order valence-corrected chi connectivity index (χ1v) is 9.68. The Kier molecular flexibility index (Phi) is 7.59. The molecule has 0 radical (unpaired) electrons. The number of carbonyl (C=O) groups is 1. The minimum Gasteiger partial charge on any atom is -0.479 e. The number of rotatable bonds is 9. The number of carboxylic acids is 1. The third kappa shape index (κ3) is 6.20.